The van der Waals surface area contributed by atoms with E-state index in [4.69, 9.17) is 42.7 Å². The number of carbonyl (C=O) groups is 4. The summed E-state index contributed by atoms with van der Waals surface area (Å²) in [5, 5.41) is 31.5. The van der Waals surface area contributed by atoms with Gasteiger partial charge in [-0.15, -0.1) is 22.7 Å². The minimum Gasteiger partial charge on any atom is -0.508 e. The fourth-order valence-corrected chi connectivity index (χ4v) is 15.6. The molecule has 0 unspecified atom stereocenters. The lowest BCUT2D eigenvalue weighted by Crippen LogP contribution is -2.53. The molecule has 0 saturated carbocycles. The number of carbonyl (C=O) groups excluding carboxylic acids is 4. The summed E-state index contributed by atoms with van der Waals surface area (Å²) in [6.45, 7) is 12.5. The molecule has 14 rings (SSSR count). The topological polar surface area (TPSA) is 221 Å². The molecule has 103 heavy (non-hydrogen) atoms. The number of aliphatic hydroxyl groups excluding tert-OH is 2. The number of methoxy groups -OCH3 is 1. The Kier molecular flexibility index (Phi) is 21.0. The highest BCUT2D eigenvalue weighted by atomic mass is 79.9. The molecule has 530 valence electrons. The maximum Gasteiger partial charge on any atom is 0.338 e. The highest BCUT2D eigenvalue weighted by Crippen LogP contribution is 2.42. The normalized spacial score (nSPS) is 19.1. The molecule has 2 aromatic heterocycles. The third kappa shape index (κ3) is 14.8. The summed E-state index contributed by atoms with van der Waals surface area (Å²) < 4.78 is 85.8. The standard InChI is InChI=1S/C37H32Cl2F2N6O4S.C36H30BrF3N6O4S/c1-3-51-36(49)32-31(43-34(35-42-10-13-52-35)44-33(32)27-8-5-22(38)15-28(27)39)19-45-11-12-46-24(17-45)18-47(37(46)50)23-6-9-26(30(41)16-23)25-7-4-21(20(2)48)14-29(25)40;1-19(47)20-3-6-24(28(39)13-20)25-8-5-22(15-29(25)40)46-17-23-16-44(10-11-45(23)36(46)49)18-30-31(35(48)50-2)32(26-7-4-21(38)14-27(26)37)43-33(42-30)34-41-9-12-51-34/h4-10,13-16,24,33,48H,2-3,11-12,17-19H2,1H3,(H,43,44);3-9,12-15,23,32,47H,1,10-11,16-18H2,2H3,(H,42,43)/t24-,33-;23-,32-/m00/s1. The molecule has 8 aromatic rings. The molecule has 6 aromatic carbocycles. The van der Waals surface area contributed by atoms with Crippen molar-refractivity contribution < 1.29 is 60.8 Å². The summed E-state index contributed by atoms with van der Waals surface area (Å²) >= 11 is 19.1. The molecule has 4 atom stereocenters. The Bertz CT molecular complexity index is 4880. The number of piperazine rings is 2. The monoisotopic (exact) mass is 1540 g/mol. The molecule has 0 radical (unpaired) electrons. The zero-order valence-corrected chi connectivity index (χ0v) is 59.6. The van der Waals surface area contributed by atoms with Crippen molar-refractivity contribution in [1.82, 2.24) is 40.2 Å². The van der Waals surface area contributed by atoms with E-state index >= 15 is 8.78 Å². The van der Waals surface area contributed by atoms with Crippen LogP contribution in [0.3, 0.4) is 0 Å². The zero-order valence-electron chi connectivity index (χ0n) is 54.9. The number of amides is 4. The molecule has 8 heterocycles. The fourth-order valence-electron chi connectivity index (χ4n) is 13.4. The SMILES string of the molecule is C=C(O)c1ccc(-c2ccc(N3C[C@@H]4CN(CC5=C(C(=O)OC)[C@H](c6ccc(F)cc6Br)N=C(c6nccs6)N5)CCN4C3=O)cc2F)c(F)c1.C=C(O)c1ccc(-c2ccc(N3C[C@@H]4CN(CC5=C(C(=O)OCC)[C@H](c6ccc(Cl)cc6Cl)N=C(c6nccs6)N5)CCN4C3=O)cc2F)c(F)c1. The maximum absolute atomic E-state index is 15.5. The number of benzene rings is 6. The van der Waals surface area contributed by atoms with E-state index in [0.29, 0.717) is 128 Å². The summed E-state index contributed by atoms with van der Waals surface area (Å²) in [7, 11) is 1.29. The van der Waals surface area contributed by atoms with E-state index in [1.807, 2.05) is 10.8 Å². The Morgan fingerprint density at radius 3 is 1.48 bits per heavy atom. The largest absolute Gasteiger partial charge is 0.508 e. The second-order valence-electron chi connectivity index (χ2n) is 24.6. The predicted molar refractivity (Wildman–Crippen MR) is 389 cm³/mol. The molecule has 4 fully saturated rings. The van der Waals surface area contributed by atoms with Gasteiger partial charge in [0.2, 0.25) is 0 Å². The quantitative estimate of drug-likeness (QED) is 0.0378. The molecule has 6 aliphatic heterocycles. The average Bonchev–Trinajstić information content (AvgIpc) is 1.72. The van der Waals surface area contributed by atoms with E-state index in [2.05, 4.69) is 59.5 Å². The first-order valence-electron chi connectivity index (χ1n) is 32.2. The first-order valence-corrected chi connectivity index (χ1v) is 35.5. The summed E-state index contributed by atoms with van der Waals surface area (Å²) in [5.74, 6) is -4.07. The van der Waals surface area contributed by atoms with Gasteiger partial charge in [-0.2, -0.15) is 0 Å². The van der Waals surface area contributed by atoms with Gasteiger partial charge in [0, 0.05) is 165 Å². The zero-order chi connectivity index (χ0) is 72.7. The van der Waals surface area contributed by atoms with E-state index in [9.17, 15) is 42.6 Å². The van der Waals surface area contributed by atoms with Gasteiger partial charge in [-0.25, -0.2) is 51.1 Å². The van der Waals surface area contributed by atoms with Crippen LogP contribution in [0.4, 0.5) is 42.9 Å². The van der Waals surface area contributed by atoms with Crippen LogP contribution in [-0.4, -0.2) is 167 Å². The van der Waals surface area contributed by atoms with Crippen LogP contribution in [0.2, 0.25) is 10.0 Å². The minimum absolute atomic E-state index is 0.0129. The number of aliphatic imine (C=N–C) groups is 2. The Balaban J connectivity index is 0.000000183. The van der Waals surface area contributed by atoms with Crippen LogP contribution < -0.4 is 20.4 Å². The number of fused-ring (bicyclic) bond motifs is 2. The predicted octanol–water partition coefficient (Wildman–Crippen LogP) is 14.1. The van der Waals surface area contributed by atoms with Crippen LogP contribution in [0.5, 0.6) is 0 Å². The molecule has 20 nitrogen and oxygen atoms in total. The van der Waals surface area contributed by atoms with Crippen molar-refractivity contribution in [3.63, 3.8) is 0 Å². The van der Waals surface area contributed by atoms with Crippen molar-refractivity contribution >= 4 is 120 Å². The Morgan fingerprint density at radius 1 is 0.602 bits per heavy atom. The van der Waals surface area contributed by atoms with Gasteiger partial charge < -0.3 is 40.1 Å². The number of ether oxygens (including phenoxy) is 2. The number of esters is 2. The number of aliphatic hydroxyl groups is 2. The summed E-state index contributed by atoms with van der Waals surface area (Å²) in [5.41, 5.74) is 3.98. The van der Waals surface area contributed by atoms with Gasteiger partial charge in [0.25, 0.3) is 0 Å². The molecule has 0 aliphatic carbocycles. The van der Waals surface area contributed by atoms with Crippen LogP contribution >= 0.6 is 61.8 Å². The van der Waals surface area contributed by atoms with Crippen molar-refractivity contribution in [1.29, 1.82) is 0 Å². The average molecular weight is 1550 g/mol. The van der Waals surface area contributed by atoms with Crippen molar-refractivity contribution in [2.24, 2.45) is 9.98 Å². The van der Waals surface area contributed by atoms with E-state index in [-0.39, 0.29) is 94.3 Å². The Morgan fingerprint density at radius 2 is 1.06 bits per heavy atom. The Labute approximate surface area is 613 Å². The number of nitrogens with zero attached hydrogens (tertiary/aromatic N) is 10. The summed E-state index contributed by atoms with van der Waals surface area (Å²) in [6, 6.07) is 22.9. The van der Waals surface area contributed by atoms with Gasteiger partial charge in [0.05, 0.1) is 36.9 Å². The van der Waals surface area contributed by atoms with Crippen molar-refractivity contribution in [3.8, 4) is 22.3 Å². The van der Waals surface area contributed by atoms with E-state index in [0.717, 1.165) is 12.1 Å². The third-order valence-corrected chi connectivity index (χ3v) is 21.1. The van der Waals surface area contributed by atoms with Crippen LogP contribution in [0, 0.1) is 29.1 Å². The molecule has 6 aliphatic rings. The number of amidine groups is 2. The Hall–Kier alpha value is -9.81. The van der Waals surface area contributed by atoms with E-state index < -0.39 is 53.1 Å². The molecule has 4 amide bonds. The lowest BCUT2D eigenvalue weighted by atomic mass is 9.95. The third-order valence-electron chi connectivity index (χ3n) is 18.3. The maximum atomic E-state index is 15.5. The lowest BCUT2D eigenvalue weighted by Gasteiger charge is -2.38. The summed E-state index contributed by atoms with van der Waals surface area (Å²) in [6.07, 6.45) is 3.32. The van der Waals surface area contributed by atoms with Gasteiger partial charge in [-0.3, -0.25) is 29.6 Å². The second-order valence-corrected chi connectivity index (χ2v) is 28.1. The number of hydrogen-bond donors (Lipinski definition) is 4. The van der Waals surface area contributed by atoms with Gasteiger partial charge in [0.15, 0.2) is 21.7 Å². The molecule has 4 saturated heterocycles. The molecular formula is C73H62BrCl2F5N12O8S2. The van der Waals surface area contributed by atoms with Crippen molar-refractivity contribution in [2.75, 3.05) is 89.0 Å². The van der Waals surface area contributed by atoms with Crippen molar-refractivity contribution in [3.05, 3.63) is 244 Å². The number of thiazole rings is 2. The number of halogens is 8. The lowest BCUT2D eigenvalue weighted by molar-refractivity contribution is -0.139. The van der Waals surface area contributed by atoms with Gasteiger partial charge in [0.1, 0.15) is 52.7 Å². The van der Waals surface area contributed by atoms with E-state index in [1.165, 1.54) is 100 Å². The second kappa shape index (κ2) is 30.3. The first-order chi connectivity index (χ1) is 49.5. The van der Waals surface area contributed by atoms with Gasteiger partial charge >= 0.3 is 24.0 Å². The number of nitrogens with one attached hydrogen (secondary N) is 2. The molecule has 4 N–H and O–H groups in total. The first kappa shape index (κ1) is 71.6. The molecular weight excluding hydrogens is 1480 g/mol. The number of anilines is 2. The number of aromatic nitrogens is 2. The molecule has 0 spiro atoms. The van der Waals surface area contributed by atoms with Crippen LogP contribution in [0.25, 0.3) is 33.8 Å². The van der Waals surface area contributed by atoms with Gasteiger partial charge in [-0.05, 0) is 85.3 Å². The number of urea groups is 2. The van der Waals surface area contributed by atoms with Crippen molar-refractivity contribution in [2.45, 2.75) is 31.1 Å². The van der Waals surface area contributed by atoms with Crippen LogP contribution in [0.15, 0.2) is 183 Å². The molecule has 0 bridgehead atoms. The van der Waals surface area contributed by atoms with Crippen LogP contribution in [0.1, 0.15) is 51.3 Å². The smallest absolute Gasteiger partial charge is 0.338 e. The molecule has 30 heteroatoms. The number of rotatable bonds is 17. The number of hydrogen-bond acceptors (Lipinski definition) is 18. The van der Waals surface area contributed by atoms with Gasteiger partial charge in [-0.1, -0.05) is 88.7 Å². The summed E-state index contributed by atoms with van der Waals surface area (Å²) in [4.78, 5) is 83.5. The fraction of sp³-hybridized carbons (Fsp3) is 0.233. The van der Waals surface area contributed by atoms with Crippen LogP contribution in [-0.2, 0) is 19.1 Å². The highest BCUT2D eigenvalue weighted by Gasteiger charge is 2.45. The highest BCUT2D eigenvalue weighted by molar-refractivity contribution is 9.10. The minimum atomic E-state index is -0.828. The van der Waals surface area contributed by atoms with E-state index in [1.54, 1.807) is 65.5 Å².